The van der Waals surface area contributed by atoms with Gasteiger partial charge in [-0.25, -0.2) is 4.79 Å². The van der Waals surface area contributed by atoms with Gasteiger partial charge in [0.15, 0.2) is 0 Å². The smallest absolute Gasteiger partial charge is 0.336 e. The van der Waals surface area contributed by atoms with Crippen LogP contribution in [0.15, 0.2) is 59.8 Å². The molecule has 0 radical (unpaired) electrons. The number of benzene rings is 2. The normalized spacial score (nSPS) is 19.9. The van der Waals surface area contributed by atoms with Crippen LogP contribution in [0.5, 0.6) is 0 Å². The monoisotopic (exact) mass is 333 g/mol. The van der Waals surface area contributed by atoms with Crippen LogP contribution < -0.4 is 4.90 Å². The lowest BCUT2D eigenvalue weighted by atomic mass is 9.82. The standard InChI is InChI=1S/C21H19NO3/c1-13-6-5-8-15(10-13)22-18-12-25-21(24)20(18)17(11-19(22)23)16-9-4-3-7-14(16)2/h3-10,17H,11-12H2,1-2H3. The zero-order chi connectivity index (χ0) is 17.6. The third-order valence-corrected chi connectivity index (χ3v) is 4.94. The summed E-state index contributed by atoms with van der Waals surface area (Å²) >= 11 is 0. The number of carbonyl (C=O) groups is 2. The van der Waals surface area contributed by atoms with Crippen LogP contribution >= 0.6 is 0 Å². The van der Waals surface area contributed by atoms with Gasteiger partial charge in [0, 0.05) is 18.0 Å². The molecule has 0 spiro atoms. The zero-order valence-electron chi connectivity index (χ0n) is 14.3. The molecule has 1 atom stereocenters. The van der Waals surface area contributed by atoms with Gasteiger partial charge in [-0.05, 0) is 42.7 Å². The number of esters is 1. The first kappa shape index (κ1) is 15.6. The van der Waals surface area contributed by atoms with Crippen molar-refractivity contribution in [1.82, 2.24) is 0 Å². The largest absolute Gasteiger partial charge is 0.456 e. The highest BCUT2D eigenvalue weighted by atomic mass is 16.5. The SMILES string of the molecule is Cc1cccc(N2C(=O)CC(c3ccccc3C)C3=C2COC3=O)c1. The predicted molar refractivity (Wildman–Crippen MR) is 95.2 cm³/mol. The minimum Gasteiger partial charge on any atom is -0.456 e. The maximum absolute atomic E-state index is 13.0. The summed E-state index contributed by atoms with van der Waals surface area (Å²) in [5, 5.41) is 0. The van der Waals surface area contributed by atoms with Gasteiger partial charge >= 0.3 is 5.97 Å². The summed E-state index contributed by atoms with van der Waals surface area (Å²) < 4.78 is 5.31. The van der Waals surface area contributed by atoms with Gasteiger partial charge in [-0.2, -0.15) is 0 Å². The lowest BCUT2D eigenvalue weighted by Crippen LogP contribution is -2.37. The number of hydrogen-bond acceptors (Lipinski definition) is 3. The van der Waals surface area contributed by atoms with E-state index in [2.05, 4.69) is 0 Å². The fourth-order valence-electron chi connectivity index (χ4n) is 3.76. The van der Waals surface area contributed by atoms with Gasteiger partial charge in [-0.15, -0.1) is 0 Å². The van der Waals surface area contributed by atoms with Crippen molar-refractivity contribution in [2.45, 2.75) is 26.2 Å². The third kappa shape index (κ3) is 2.54. The van der Waals surface area contributed by atoms with Gasteiger partial charge in [0.1, 0.15) is 6.61 Å². The van der Waals surface area contributed by atoms with Crippen molar-refractivity contribution >= 4 is 17.6 Å². The van der Waals surface area contributed by atoms with Crippen LogP contribution in [0.25, 0.3) is 0 Å². The fraction of sp³-hybridized carbons (Fsp3) is 0.238. The van der Waals surface area contributed by atoms with Crippen LogP contribution in [-0.4, -0.2) is 18.5 Å². The average Bonchev–Trinajstić information content (AvgIpc) is 2.96. The molecule has 0 aliphatic carbocycles. The van der Waals surface area contributed by atoms with E-state index in [-0.39, 0.29) is 30.8 Å². The van der Waals surface area contributed by atoms with Crippen LogP contribution in [0.3, 0.4) is 0 Å². The molecule has 2 aliphatic heterocycles. The molecule has 0 fully saturated rings. The molecule has 4 rings (SSSR count). The molecule has 1 amide bonds. The summed E-state index contributed by atoms with van der Waals surface area (Å²) in [5.41, 5.74) is 5.26. The maximum Gasteiger partial charge on any atom is 0.336 e. The highest BCUT2D eigenvalue weighted by Gasteiger charge is 2.43. The molecule has 0 bridgehead atoms. The predicted octanol–water partition coefficient (Wildman–Crippen LogP) is 3.63. The molecule has 2 heterocycles. The van der Waals surface area contributed by atoms with Gasteiger partial charge in [0.25, 0.3) is 0 Å². The van der Waals surface area contributed by atoms with E-state index in [1.54, 1.807) is 4.90 Å². The first-order valence-corrected chi connectivity index (χ1v) is 8.41. The van der Waals surface area contributed by atoms with E-state index in [1.807, 2.05) is 62.4 Å². The quantitative estimate of drug-likeness (QED) is 0.788. The fourth-order valence-corrected chi connectivity index (χ4v) is 3.76. The molecule has 0 saturated carbocycles. The molecule has 1 unspecified atom stereocenters. The number of anilines is 1. The van der Waals surface area contributed by atoms with Crippen molar-refractivity contribution in [3.05, 3.63) is 76.5 Å². The minimum atomic E-state index is -0.312. The second-order valence-electron chi connectivity index (χ2n) is 6.62. The van der Waals surface area contributed by atoms with Crippen LogP contribution in [0.1, 0.15) is 29.0 Å². The van der Waals surface area contributed by atoms with E-state index in [9.17, 15) is 9.59 Å². The van der Waals surface area contributed by atoms with Crippen molar-refractivity contribution in [2.24, 2.45) is 0 Å². The summed E-state index contributed by atoms with van der Waals surface area (Å²) in [6, 6.07) is 15.7. The highest BCUT2D eigenvalue weighted by Crippen LogP contribution is 2.42. The van der Waals surface area contributed by atoms with Crippen molar-refractivity contribution in [1.29, 1.82) is 0 Å². The topological polar surface area (TPSA) is 46.6 Å². The molecule has 4 nitrogen and oxygen atoms in total. The molecule has 126 valence electrons. The molecule has 0 aromatic heterocycles. The Morgan fingerprint density at radius 1 is 1.04 bits per heavy atom. The number of rotatable bonds is 2. The number of aryl methyl sites for hydroxylation is 2. The van der Waals surface area contributed by atoms with Crippen LogP contribution in [-0.2, 0) is 14.3 Å². The van der Waals surface area contributed by atoms with Gasteiger partial charge < -0.3 is 4.74 Å². The summed E-state index contributed by atoms with van der Waals surface area (Å²) in [7, 11) is 0. The molecule has 2 aliphatic rings. The van der Waals surface area contributed by atoms with Crippen LogP contribution in [0.2, 0.25) is 0 Å². The first-order valence-electron chi connectivity index (χ1n) is 8.41. The van der Waals surface area contributed by atoms with Crippen LogP contribution in [0, 0.1) is 13.8 Å². The van der Waals surface area contributed by atoms with Crippen molar-refractivity contribution < 1.29 is 14.3 Å². The number of nitrogens with zero attached hydrogens (tertiary/aromatic N) is 1. The molecule has 4 heteroatoms. The van der Waals surface area contributed by atoms with Crippen molar-refractivity contribution in [3.63, 3.8) is 0 Å². The lowest BCUT2D eigenvalue weighted by Gasteiger charge is -2.32. The zero-order valence-corrected chi connectivity index (χ0v) is 14.3. The number of ether oxygens (including phenoxy) is 1. The van der Waals surface area contributed by atoms with E-state index >= 15 is 0 Å². The third-order valence-electron chi connectivity index (χ3n) is 4.94. The summed E-state index contributed by atoms with van der Waals surface area (Å²) in [6.45, 7) is 4.14. The highest BCUT2D eigenvalue weighted by molar-refractivity contribution is 6.06. The Hall–Kier alpha value is -2.88. The average molecular weight is 333 g/mol. The minimum absolute atomic E-state index is 0.00379. The number of carbonyl (C=O) groups excluding carboxylic acids is 2. The molecule has 2 aromatic carbocycles. The van der Waals surface area contributed by atoms with Crippen molar-refractivity contribution in [2.75, 3.05) is 11.5 Å². The van der Waals surface area contributed by atoms with E-state index in [4.69, 9.17) is 4.74 Å². The molecule has 2 aromatic rings. The molecule has 0 N–H and O–H groups in total. The number of amides is 1. The Labute approximate surface area is 146 Å². The summed E-state index contributed by atoms with van der Waals surface area (Å²) in [4.78, 5) is 27.1. The first-order chi connectivity index (χ1) is 12.1. The van der Waals surface area contributed by atoms with Gasteiger partial charge in [-0.3, -0.25) is 9.69 Å². The Morgan fingerprint density at radius 2 is 1.84 bits per heavy atom. The van der Waals surface area contributed by atoms with E-state index in [0.29, 0.717) is 11.3 Å². The van der Waals surface area contributed by atoms with E-state index in [1.165, 1.54) is 0 Å². The maximum atomic E-state index is 13.0. The van der Waals surface area contributed by atoms with Crippen molar-refractivity contribution in [3.8, 4) is 0 Å². The second-order valence-corrected chi connectivity index (χ2v) is 6.62. The van der Waals surface area contributed by atoms with Gasteiger partial charge in [-0.1, -0.05) is 36.4 Å². The van der Waals surface area contributed by atoms with E-state index in [0.717, 1.165) is 22.4 Å². The number of cyclic esters (lactones) is 1. The Balaban J connectivity index is 1.86. The lowest BCUT2D eigenvalue weighted by molar-refractivity contribution is -0.136. The molecular formula is C21H19NO3. The Bertz CT molecular complexity index is 913. The summed E-state index contributed by atoms with van der Waals surface area (Å²) in [6.07, 6.45) is 0.271. The molecular weight excluding hydrogens is 314 g/mol. The molecule has 0 saturated heterocycles. The van der Waals surface area contributed by atoms with Gasteiger partial charge in [0.05, 0.1) is 11.3 Å². The summed E-state index contributed by atoms with van der Waals surface area (Å²) in [5.74, 6) is -0.552. The van der Waals surface area contributed by atoms with Crippen LogP contribution in [0.4, 0.5) is 5.69 Å². The van der Waals surface area contributed by atoms with E-state index < -0.39 is 0 Å². The number of hydrogen-bond donors (Lipinski definition) is 0. The Morgan fingerprint density at radius 3 is 2.60 bits per heavy atom. The second kappa shape index (κ2) is 5.88. The Kier molecular flexibility index (Phi) is 3.68. The van der Waals surface area contributed by atoms with Gasteiger partial charge in [0.2, 0.25) is 5.91 Å². The molecule has 25 heavy (non-hydrogen) atoms.